The number of likely N-dealkylation sites (tertiary alicyclic amines) is 1. The highest BCUT2D eigenvalue weighted by atomic mass is 16.2. The molecule has 114 valence electrons. The molecule has 4 nitrogen and oxygen atoms in total. The Balaban J connectivity index is 1.96. The number of piperidine rings is 1. The predicted octanol–water partition coefficient (Wildman–Crippen LogP) is 2.28. The topological polar surface area (TPSA) is 40.6 Å². The fourth-order valence-electron chi connectivity index (χ4n) is 3.02. The van der Waals surface area contributed by atoms with Crippen LogP contribution in [-0.4, -0.2) is 48.3 Å². The molecule has 0 aromatic carbocycles. The van der Waals surface area contributed by atoms with Crippen molar-refractivity contribution >= 4 is 11.8 Å². The van der Waals surface area contributed by atoms with Crippen molar-refractivity contribution in [2.75, 3.05) is 26.7 Å². The molecule has 2 amide bonds. The number of nitrogens with zero attached hydrogens (tertiary/aromatic N) is 2. The van der Waals surface area contributed by atoms with Gasteiger partial charge in [0.05, 0.1) is 0 Å². The van der Waals surface area contributed by atoms with Crippen molar-refractivity contribution in [3.05, 3.63) is 0 Å². The molecule has 2 aliphatic rings. The summed E-state index contributed by atoms with van der Waals surface area (Å²) in [5, 5.41) is 0. The number of unbranched alkanes of at least 4 members (excludes halogenated alkanes) is 1. The Morgan fingerprint density at radius 2 is 1.85 bits per heavy atom. The summed E-state index contributed by atoms with van der Waals surface area (Å²) in [4.78, 5) is 28.9. The molecule has 0 aromatic rings. The highest BCUT2D eigenvalue weighted by Gasteiger charge is 2.58. The second-order valence-corrected chi connectivity index (χ2v) is 6.64. The molecule has 0 spiro atoms. The summed E-state index contributed by atoms with van der Waals surface area (Å²) in [6, 6.07) is 0. The minimum Gasteiger partial charge on any atom is -0.345 e. The molecule has 0 N–H and O–H groups in total. The Morgan fingerprint density at radius 3 is 2.35 bits per heavy atom. The lowest BCUT2D eigenvalue weighted by Crippen LogP contribution is -2.48. The molecule has 1 aliphatic heterocycles. The number of hydrogen-bond acceptors (Lipinski definition) is 2. The van der Waals surface area contributed by atoms with E-state index in [1.807, 2.05) is 11.9 Å². The van der Waals surface area contributed by atoms with E-state index in [2.05, 4.69) is 13.8 Å². The first kappa shape index (κ1) is 15.3. The highest BCUT2D eigenvalue weighted by molar-refractivity contribution is 6.07. The fourth-order valence-corrected chi connectivity index (χ4v) is 3.02. The van der Waals surface area contributed by atoms with Crippen LogP contribution in [0.15, 0.2) is 0 Å². The number of carbonyl (C=O) groups is 2. The van der Waals surface area contributed by atoms with E-state index in [4.69, 9.17) is 0 Å². The van der Waals surface area contributed by atoms with Gasteiger partial charge in [0.15, 0.2) is 0 Å². The van der Waals surface area contributed by atoms with Crippen molar-refractivity contribution in [2.24, 2.45) is 11.3 Å². The molecule has 0 atom stereocenters. The molecular weight excluding hydrogens is 252 g/mol. The van der Waals surface area contributed by atoms with Crippen molar-refractivity contribution < 1.29 is 9.59 Å². The van der Waals surface area contributed by atoms with E-state index in [9.17, 15) is 9.59 Å². The van der Waals surface area contributed by atoms with Gasteiger partial charge in [-0.15, -0.1) is 0 Å². The van der Waals surface area contributed by atoms with Gasteiger partial charge in [-0.2, -0.15) is 0 Å². The van der Waals surface area contributed by atoms with Gasteiger partial charge in [0.1, 0.15) is 5.41 Å². The Morgan fingerprint density at radius 1 is 1.25 bits per heavy atom. The van der Waals surface area contributed by atoms with Crippen LogP contribution in [-0.2, 0) is 9.59 Å². The summed E-state index contributed by atoms with van der Waals surface area (Å²) in [5.74, 6) is 0.851. The molecular formula is C16H28N2O2. The van der Waals surface area contributed by atoms with E-state index in [1.165, 1.54) is 0 Å². The Labute approximate surface area is 122 Å². The molecule has 2 rings (SSSR count). The van der Waals surface area contributed by atoms with Crippen molar-refractivity contribution in [3.8, 4) is 0 Å². The van der Waals surface area contributed by atoms with Crippen molar-refractivity contribution in [1.82, 2.24) is 9.80 Å². The van der Waals surface area contributed by atoms with Gasteiger partial charge in [-0.05, 0) is 38.0 Å². The zero-order valence-electron chi connectivity index (χ0n) is 13.2. The summed E-state index contributed by atoms with van der Waals surface area (Å²) in [5.41, 5.74) is -0.691. The molecule has 20 heavy (non-hydrogen) atoms. The van der Waals surface area contributed by atoms with E-state index in [-0.39, 0.29) is 11.8 Å². The molecule has 0 bridgehead atoms. The minimum absolute atomic E-state index is 0.0505. The molecule has 1 saturated heterocycles. The zero-order chi connectivity index (χ0) is 14.8. The zero-order valence-corrected chi connectivity index (χ0v) is 13.2. The van der Waals surface area contributed by atoms with Gasteiger partial charge >= 0.3 is 0 Å². The summed E-state index contributed by atoms with van der Waals surface area (Å²) < 4.78 is 0. The minimum atomic E-state index is -0.691. The maximum atomic E-state index is 12.7. The number of carbonyl (C=O) groups excluding carboxylic acids is 2. The van der Waals surface area contributed by atoms with Crippen LogP contribution in [0.25, 0.3) is 0 Å². The van der Waals surface area contributed by atoms with E-state index < -0.39 is 5.41 Å². The van der Waals surface area contributed by atoms with Crippen LogP contribution in [0, 0.1) is 11.3 Å². The van der Waals surface area contributed by atoms with Crippen molar-refractivity contribution in [2.45, 2.75) is 52.4 Å². The van der Waals surface area contributed by atoms with Gasteiger partial charge in [0.2, 0.25) is 11.8 Å². The highest BCUT2D eigenvalue weighted by Crippen LogP contribution is 2.49. The quantitative estimate of drug-likeness (QED) is 0.725. The van der Waals surface area contributed by atoms with Crippen LogP contribution in [0.2, 0.25) is 0 Å². The van der Waals surface area contributed by atoms with Gasteiger partial charge < -0.3 is 9.80 Å². The third-order valence-electron chi connectivity index (χ3n) is 4.83. The van der Waals surface area contributed by atoms with Gasteiger partial charge in [-0.25, -0.2) is 0 Å². The number of hydrogen-bond donors (Lipinski definition) is 0. The van der Waals surface area contributed by atoms with Gasteiger partial charge in [-0.3, -0.25) is 9.59 Å². The summed E-state index contributed by atoms with van der Waals surface area (Å²) in [7, 11) is 1.84. The Bertz CT molecular complexity index is 369. The smallest absolute Gasteiger partial charge is 0.238 e. The molecule has 4 heteroatoms. The third-order valence-corrected chi connectivity index (χ3v) is 4.83. The van der Waals surface area contributed by atoms with Gasteiger partial charge in [0.25, 0.3) is 0 Å². The average molecular weight is 280 g/mol. The summed E-state index contributed by atoms with van der Waals surface area (Å²) in [6.07, 6.45) is 5.71. The lowest BCUT2D eigenvalue weighted by Gasteiger charge is -2.34. The molecule has 1 saturated carbocycles. The molecule has 0 aromatic heterocycles. The second kappa shape index (κ2) is 6.15. The molecule has 1 aliphatic carbocycles. The average Bonchev–Trinajstić information content (AvgIpc) is 3.25. The fraction of sp³-hybridized carbons (Fsp3) is 0.875. The maximum Gasteiger partial charge on any atom is 0.238 e. The van der Waals surface area contributed by atoms with Gasteiger partial charge in [0, 0.05) is 26.7 Å². The van der Waals surface area contributed by atoms with Crippen molar-refractivity contribution in [1.29, 1.82) is 0 Å². The van der Waals surface area contributed by atoms with Crippen LogP contribution in [0.1, 0.15) is 52.4 Å². The monoisotopic (exact) mass is 280 g/mol. The first-order chi connectivity index (χ1) is 9.51. The lowest BCUT2D eigenvalue weighted by atomic mass is 9.96. The van der Waals surface area contributed by atoms with E-state index in [1.54, 1.807) is 4.90 Å². The first-order valence-corrected chi connectivity index (χ1v) is 8.06. The van der Waals surface area contributed by atoms with Crippen LogP contribution < -0.4 is 0 Å². The van der Waals surface area contributed by atoms with Crippen LogP contribution >= 0.6 is 0 Å². The number of amides is 2. The maximum absolute atomic E-state index is 12.7. The normalized spacial score (nSPS) is 21.6. The molecule has 0 radical (unpaired) electrons. The lowest BCUT2D eigenvalue weighted by molar-refractivity contribution is -0.149. The molecule has 1 heterocycles. The van der Waals surface area contributed by atoms with Crippen LogP contribution in [0.3, 0.4) is 0 Å². The third kappa shape index (κ3) is 2.99. The van der Waals surface area contributed by atoms with E-state index in [0.29, 0.717) is 5.92 Å². The second-order valence-electron chi connectivity index (χ2n) is 6.64. The SMILES string of the molecule is CCCCN(C)C(=O)C1(C(=O)N2CCC(C)CC2)CC1. The van der Waals surface area contributed by atoms with Crippen LogP contribution in [0.5, 0.6) is 0 Å². The molecule has 0 unspecified atom stereocenters. The first-order valence-electron chi connectivity index (χ1n) is 8.06. The van der Waals surface area contributed by atoms with Crippen molar-refractivity contribution in [3.63, 3.8) is 0 Å². The predicted molar refractivity (Wildman–Crippen MR) is 79.2 cm³/mol. The summed E-state index contributed by atoms with van der Waals surface area (Å²) >= 11 is 0. The van der Waals surface area contributed by atoms with E-state index in [0.717, 1.165) is 58.2 Å². The van der Waals surface area contributed by atoms with E-state index >= 15 is 0 Å². The standard InChI is InChI=1S/C16H28N2O2/c1-4-5-10-17(3)14(19)16(8-9-16)15(20)18-11-6-13(2)7-12-18/h13H,4-12H2,1-3H3. The van der Waals surface area contributed by atoms with Crippen LogP contribution in [0.4, 0.5) is 0 Å². The Kier molecular flexibility index (Phi) is 4.71. The number of rotatable bonds is 5. The molecule has 2 fully saturated rings. The summed E-state index contributed by atoms with van der Waals surface area (Å²) in [6.45, 7) is 6.77. The van der Waals surface area contributed by atoms with Gasteiger partial charge in [-0.1, -0.05) is 20.3 Å². The largest absolute Gasteiger partial charge is 0.345 e. The Hall–Kier alpha value is -1.06.